The standard InChI is InChI=1S/C23H18F2N2O2/c1-2-29-20-13-16(7-12-19(20)28)23-26-21(14-3-8-17(24)9-4-14)22(27-23)15-5-10-18(25)11-6-15/h3-13,28H,2H2,1H3,(H,26,27). The van der Waals surface area contributed by atoms with Gasteiger partial charge >= 0.3 is 0 Å². The molecule has 146 valence electrons. The van der Waals surface area contributed by atoms with Crippen molar-refractivity contribution in [3.8, 4) is 45.4 Å². The zero-order valence-corrected chi connectivity index (χ0v) is 15.6. The highest BCUT2D eigenvalue weighted by atomic mass is 19.1. The van der Waals surface area contributed by atoms with E-state index in [-0.39, 0.29) is 17.4 Å². The van der Waals surface area contributed by atoms with Crippen molar-refractivity contribution >= 4 is 0 Å². The molecule has 0 spiro atoms. The summed E-state index contributed by atoms with van der Waals surface area (Å²) in [6.45, 7) is 2.25. The average Bonchev–Trinajstić information content (AvgIpc) is 3.16. The molecule has 4 rings (SSSR count). The van der Waals surface area contributed by atoms with E-state index in [1.165, 1.54) is 30.3 Å². The number of H-pyrrole nitrogens is 1. The van der Waals surface area contributed by atoms with Crippen LogP contribution in [0.1, 0.15) is 6.92 Å². The van der Waals surface area contributed by atoms with Crippen molar-refractivity contribution in [3.63, 3.8) is 0 Å². The molecule has 2 N–H and O–H groups in total. The van der Waals surface area contributed by atoms with E-state index < -0.39 is 0 Å². The summed E-state index contributed by atoms with van der Waals surface area (Å²) in [5.41, 5.74) is 3.46. The summed E-state index contributed by atoms with van der Waals surface area (Å²) >= 11 is 0. The maximum atomic E-state index is 13.4. The number of ether oxygens (including phenoxy) is 1. The molecule has 0 radical (unpaired) electrons. The first-order valence-corrected chi connectivity index (χ1v) is 9.13. The van der Waals surface area contributed by atoms with Crippen molar-refractivity contribution < 1.29 is 18.6 Å². The predicted octanol–water partition coefficient (Wildman–Crippen LogP) is 5.79. The Balaban J connectivity index is 1.86. The topological polar surface area (TPSA) is 58.1 Å². The Hall–Kier alpha value is -3.67. The second-order valence-electron chi connectivity index (χ2n) is 6.44. The third-order valence-corrected chi connectivity index (χ3v) is 4.49. The normalized spacial score (nSPS) is 10.9. The lowest BCUT2D eigenvalue weighted by Crippen LogP contribution is -1.92. The van der Waals surface area contributed by atoms with Gasteiger partial charge in [-0.2, -0.15) is 0 Å². The van der Waals surface area contributed by atoms with E-state index in [0.717, 1.165) is 11.1 Å². The van der Waals surface area contributed by atoms with Crippen LogP contribution in [0.2, 0.25) is 0 Å². The molecule has 4 aromatic rings. The minimum absolute atomic E-state index is 0.0414. The lowest BCUT2D eigenvalue weighted by Gasteiger charge is -2.07. The summed E-state index contributed by atoms with van der Waals surface area (Å²) in [6, 6.07) is 17.0. The number of halogens is 2. The van der Waals surface area contributed by atoms with Crippen LogP contribution in [0.3, 0.4) is 0 Å². The van der Waals surface area contributed by atoms with Crippen molar-refractivity contribution in [1.29, 1.82) is 0 Å². The van der Waals surface area contributed by atoms with Gasteiger partial charge in [0, 0.05) is 16.7 Å². The average molecular weight is 392 g/mol. The molecule has 4 nitrogen and oxygen atoms in total. The fourth-order valence-electron chi connectivity index (χ4n) is 3.08. The quantitative estimate of drug-likeness (QED) is 0.452. The van der Waals surface area contributed by atoms with Crippen LogP contribution in [0.4, 0.5) is 8.78 Å². The number of aromatic amines is 1. The molecule has 1 heterocycles. The second-order valence-corrected chi connectivity index (χ2v) is 6.44. The van der Waals surface area contributed by atoms with Gasteiger partial charge in [-0.15, -0.1) is 0 Å². The van der Waals surface area contributed by atoms with Gasteiger partial charge in [-0.05, 0) is 73.7 Å². The number of phenols is 1. The molecule has 0 fully saturated rings. The van der Waals surface area contributed by atoms with Crippen molar-refractivity contribution in [2.24, 2.45) is 0 Å². The first-order chi connectivity index (χ1) is 14.0. The molecular weight excluding hydrogens is 374 g/mol. The first-order valence-electron chi connectivity index (χ1n) is 9.13. The van der Waals surface area contributed by atoms with E-state index >= 15 is 0 Å². The summed E-state index contributed by atoms with van der Waals surface area (Å²) in [5, 5.41) is 9.95. The fourth-order valence-corrected chi connectivity index (χ4v) is 3.08. The molecule has 0 aliphatic rings. The molecule has 0 aliphatic carbocycles. The number of hydrogen-bond acceptors (Lipinski definition) is 3. The summed E-state index contributed by atoms with van der Waals surface area (Å²) in [6.07, 6.45) is 0. The Bertz CT molecular complexity index is 1070. The van der Waals surface area contributed by atoms with Crippen LogP contribution in [0, 0.1) is 11.6 Å². The van der Waals surface area contributed by atoms with Gasteiger partial charge < -0.3 is 14.8 Å². The molecule has 0 aliphatic heterocycles. The van der Waals surface area contributed by atoms with Crippen LogP contribution in [-0.4, -0.2) is 21.7 Å². The van der Waals surface area contributed by atoms with E-state index in [4.69, 9.17) is 9.72 Å². The molecule has 6 heteroatoms. The Morgan fingerprint density at radius 3 is 2.07 bits per heavy atom. The van der Waals surface area contributed by atoms with Crippen molar-refractivity contribution in [2.45, 2.75) is 6.92 Å². The third-order valence-electron chi connectivity index (χ3n) is 4.49. The van der Waals surface area contributed by atoms with Crippen molar-refractivity contribution in [2.75, 3.05) is 6.61 Å². The van der Waals surface area contributed by atoms with Crippen LogP contribution in [-0.2, 0) is 0 Å². The number of imidazole rings is 1. The number of aromatic hydroxyl groups is 1. The third kappa shape index (κ3) is 3.82. The van der Waals surface area contributed by atoms with Gasteiger partial charge in [0.2, 0.25) is 0 Å². The maximum Gasteiger partial charge on any atom is 0.161 e. The van der Waals surface area contributed by atoms with E-state index in [0.29, 0.717) is 35.1 Å². The minimum atomic E-state index is -0.340. The zero-order valence-electron chi connectivity index (χ0n) is 15.6. The first kappa shape index (κ1) is 18.7. The Morgan fingerprint density at radius 2 is 1.45 bits per heavy atom. The lowest BCUT2D eigenvalue weighted by atomic mass is 10.1. The molecule has 0 atom stereocenters. The summed E-state index contributed by atoms with van der Waals surface area (Å²) < 4.78 is 32.2. The monoisotopic (exact) mass is 392 g/mol. The minimum Gasteiger partial charge on any atom is -0.504 e. The maximum absolute atomic E-state index is 13.4. The zero-order chi connectivity index (χ0) is 20.4. The highest BCUT2D eigenvalue weighted by Gasteiger charge is 2.17. The molecule has 0 saturated carbocycles. The van der Waals surface area contributed by atoms with Crippen molar-refractivity contribution in [1.82, 2.24) is 9.97 Å². The molecule has 29 heavy (non-hydrogen) atoms. The molecule has 3 aromatic carbocycles. The Labute approximate surface area is 166 Å². The summed E-state index contributed by atoms with van der Waals surface area (Å²) in [7, 11) is 0. The SMILES string of the molecule is CCOc1cc(-c2nc(-c3ccc(F)cc3)c(-c3ccc(F)cc3)[nH]2)ccc1O. The number of rotatable bonds is 5. The predicted molar refractivity (Wildman–Crippen MR) is 108 cm³/mol. The number of phenolic OH excluding ortho intramolecular Hbond substituents is 1. The highest BCUT2D eigenvalue weighted by molar-refractivity contribution is 5.81. The van der Waals surface area contributed by atoms with Gasteiger partial charge in [0.15, 0.2) is 11.5 Å². The lowest BCUT2D eigenvalue weighted by molar-refractivity contribution is 0.318. The van der Waals surface area contributed by atoms with Crippen LogP contribution < -0.4 is 4.74 Å². The van der Waals surface area contributed by atoms with Gasteiger partial charge in [-0.25, -0.2) is 13.8 Å². The second kappa shape index (κ2) is 7.75. The van der Waals surface area contributed by atoms with Crippen LogP contribution >= 0.6 is 0 Å². The number of hydrogen-bond donors (Lipinski definition) is 2. The number of benzene rings is 3. The molecule has 0 unspecified atom stereocenters. The van der Waals surface area contributed by atoms with Gasteiger partial charge in [0.1, 0.15) is 17.5 Å². The van der Waals surface area contributed by atoms with E-state index in [9.17, 15) is 13.9 Å². The van der Waals surface area contributed by atoms with Crippen LogP contribution in [0.15, 0.2) is 66.7 Å². The number of nitrogens with zero attached hydrogens (tertiary/aromatic N) is 1. The molecule has 0 amide bonds. The summed E-state index contributed by atoms with van der Waals surface area (Å²) in [4.78, 5) is 7.97. The van der Waals surface area contributed by atoms with Crippen LogP contribution in [0.25, 0.3) is 33.9 Å². The van der Waals surface area contributed by atoms with E-state index in [2.05, 4.69) is 4.98 Å². The molecular formula is C23H18F2N2O2. The largest absolute Gasteiger partial charge is 0.504 e. The van der Waals surface area contributed by atoms with Crippen molar-refractivity contribution in [3.05, 3.63) is 78.4 Å². The number of nitrogens with one attached hydrogen (secondary N) is 1. The molecule has 0 saturated heterocycles. The van der Waals surface area contributed by atoms with E-state index in [1.807, 2.05) is 6.92 Å². The Kier molecular flexibility index (Phi) is 4.99. The fraction of sp³-hybridized carbons (Fsp3) is 0.0870. The summed E-state index contributed by atoms with van der Waals surface area (Å²) in [5.74, 6) is 0.266. The van der Waals surface area contributed by atoms with Gasteiger partial charge in [-0.3, -0.25) is 0 Å². The smallest absolute Gasteiger partial charge is 0.161 e. The van der Waals surface area contributed by atoms with Gasteiger partial charge in [0.05, 0.1) is 18.0 Å². The molecule has 0 bridgehead atoms. The van der Waals surface area contributed by atoms with Gasteiger partial charge in [0.25, 0.3) is 0 Å². The molecule has 1 aromatic heterocycles. The van der Waals surface area contributed by atoms with Crippen LogP contribution in [0.5, 0.6) is 11.5 Å². The number of aromatic nitrogens is 2. The van der Waals surface area contributed by atoms with E-state index in [1.54, 1.807) is 36.4 Å². The Morgan fingerprint density at radius 1 is 0.862 bits per heavy atom. The van der Waals surface area contributed by atoms with Gasteiger partial charge in [-0.1, -0.05) is 0 Å². The highest BCUT2D eigenvalue weighted by Crippen LogP contribution is 2.36.